The number of nitrogens with zero attached hydrogens (tertiary/aromatic N) is 2. The number of carbonyl (C=O) groups excluding carboxylic acids is 1. The Labute approximate surface area is 150 Å². The highest BCUT2D eigenvalue weighted by molar-refractivity contribution is 5.93. The molecule has 25 heavy (non-hydrogen) atoms. The molecule has 0 bridgehead atoms. The van der Waals surface area contributed by atoms with Gasteiger partial charge in [-0.3, -0.25) is 4.79 Å². The van der Waals surface area contributed by atoms with Crippen molar-refractivity contribution in [3.05, 3.63) is 54.2 Å². The maximum absolute atomic E-state index is 12.6. The Morgan fingerprint density at radius 2 is 2.08 bits per heavy atom. The zero-order valence-corrected chi connectivity index (χ0v) is 14.9. The topological polar surface area (TPSA) is 45.2 Å². The third-order valence-corrected chi connectivity index (χ3v) is 4.81. The van der Waals surface area contributed by atoms with Crippen LogP contribution in [0, 0.1) is 5.92 Å². The molecule has 1 amide bonds. The maximum Gasteiger partial charge on any atom is 0.229 e. The second-order valence-corrected chi connectivity index (χ2v) is 6.76. The minimum Gasteiger partial charge on any atom is -0.356 e. The second kappa shape index (κ2) is 8.65. The summed E-state index contributed by atoms with van der Waals surface area (Å²) in [7, 11) is 0. The summed E-state index contributed by atoms with van der Waals surface area (Å²) in [5.41, 5.74) is 2.22. The molecule has 1 aromatic carbocycles. The van der Waals surface area contributed by atoms with Crippen LogP contribution in [-0.4, -0.2) is 24.0 Å². The van der Waals surface area contributed by atoms with Crippen molar-refractivity contribution in [3.8, 4) is 0 Å². The highest BCUT2D eigenvalue weighted by atomic mass is 16.1. The number of nitrogens with one attached hydrogen (secondary N) is 1. The number of pyridine rings is 1. The first-order chi connectivity index (χ1) is 12.3. The second-order valence-electron chi connectivity index (χ2n) is 6.76. The Bertz CT molecular complexity index is 669. The van der Waals surface area contributed by atoms with Crippen molar-refractivity contribution in [2.45, 2.75) is 39.0 Å². The molecule has 4 heteroatoms. The highest BCUT2D eigenvalue weighted by Gasteiger charge is 2.26. The van der Waals surface area contributed by atoms with Gasteiger partial charge in [0.2, 0.25) is 5.91 Å². The van der Waals surface area contributed by atoms with E-state index in [-0.39, 0.29) is 11.8 Å². The molecule has 1 N–H and O–H groups in total. The molecule has 1 aliphatic heterocycles. The lowest BCUT2D eigenvalue weighted by Crippen LogP contribution is -2.41. The predicted octanol–water partition coefficient (Wildman–Crippen LogP) is 4.28. The van der Waals surface area contributed by atoms with E-state index in [9.17, 15) is 4.79 Å². The summed E-state index contributed by atoms with van der Waals surface area (Å²) in [4.78, 5) is 19.3. The smallest absolute Gasteiger partial charge is 0.229 e. The fourth-order valence-corrected chi connectivity index (χ4v) is 3.32. The average Bonchev–Trinajstić information content (AvgIpc) is 2.68. The first kappa shape index (κ1) is 17.5. The normalized spacial score (nSPS) is 17.3. The van der Waals surface area contributed by atoms with Crippen LogP contribution in [-0.2, 0) is 11.2 Å². The van der Waals surface area contributed by atoms with Gasteiger partial charge in [0.15, 0.2) is 0 Å². The molecule has 4 nitrogen and oxygen atoms in total. The minimum atomic E-state index is 0.00974. The van der Waals surface area contributed by atoms with Gasteiger partial charge < -0.3 is 10.2 Å². The number of piperidine rings is 1. The zero-order chi connectivity index (χ0) is 17.5. The molecule has 1 aliphatic rings. The van der Waals surface area contributed by atoms with Gasteiger partial charge >= 0.3 is 0 Å². The number of benzene rings is 1. The third-order valence-electron chi connectivity index (χ3n) is 4.81. The lowest BCUT2D eigenvalue weighted by Gasteiger charge is -2.32. The first-order valence-electron chi connectivity index (χ1n) is 9.32. The van der Waals surface area contributed by atoms with Crippen LogP contribution in [0.2, 0.25) is 0 Å². The van der Waals surface area contributed by atoms with Crippen molar-refractivity contribution in [2.75, 3.05) is 23.3 Å². The van der Waals surface area contributed by atoms with Crippen LogP contribution in [0.4, 0.5) is 11.5 Å². The maximum atomic E-state index is 12.6. The Hall–Kier alpha value is -2.36. The summed E-state index contributed by atoms with van der Waals surface area (Å²) in [6, 6.07) is 14.2. The van der Waals surface area contributed by atoms with Crippen LogP contribution in [0.15, 0.2) is 48.7 Å². The average molecular weight is 337 g/mol. The summed E-state index contributed by atoms with van der Waals surface area (Å²) in [6.07, 6.45) is 7.27. The Morgan fingerprint density at radius 3 is 2.80 bits per heavy atom. The van der Waals surface area contributed by atoms with E-state index in [4.69, 9.17) is 0 Å². The SMILES string of the molecule is CCCCc1ccc(NC(=O)C2CCCN(c3ccccn3)C2)cc1. The van der Waals surface area contributed by atoms with Gasteiger partial charge in [0.1, 0.15) is 5.82 Å². The van der Waals surface area contributed by atoms with E-state index in [1.165, 1.54) is 18.4 Å². The summed E-state index contributed by atoms with van der Waals surface area (Å²) >= 11 is 0. The zero-order valence-electron chi connectivity index (χ0n) is 14.9. The van der Waals surface area contributed by atoms with Crippen molar-refractivity contribution < 1.29 is 4.79 Å². The molecule has 0 spiro atoms. The van der Waals surface area contributed by atoms with Gasteiger partial charge in [-0.15, -0.1) is 0 Å². The van der Waals surface area contributed by atoms with Crippen LogP contribution in [0.5, 0.6) is 0 Å². The lowest BCUT2D eigenvalue weighted by molar-refractivity contribution is -0.120. The monoisotopic (exact) mass is 337 g/mol. The lowest BCUT2D eigenvalue weighted by atomic mass is 9.97. The van der Waals surface area contributed by atoms with Gasteiger partial charge in [-0.2, -0.15) is 0 Å². The number of anilines is 2. The first-order valence-corrected chi connectivity index (χ1v) is 9.32. The van der Waals surface area contributed by atoms with Gasteiger partial charge in [-0.05, 0) is 55.5 Å². The van der Waals surface area contributed by atoms with E-state index in [0.29, 0.717) is 0 Å². The number of aryl methyl sites for hydroxylation is 1. The van der Waals surface area contributed by atoms with E-state index in [1.54, 1.807) is 6.20 Å². The van der Waals surface area contributed by atoms with Gasteiger partial charge in [0.05, 0.1) is 5.92 Å². The van der Waals surface area contributed by atoms with Crippen LogP contribution in [0.1, 0.15) is 38.2 Å². The molecular weight excluding hydrogens is 310 g/mol. The Balaban J connectivity index is 1.57. The molecule has 132 valence electrons. The van der Waals surface area contributed by atoms with Gasteiger partial charge in [0.25, 0.3) is 0 Å². The van der Waals surface area contributed by atoms with E-state index in [0.717, 1.165) is 43.9 Å². The van der Waals surface area contributed by atoms with Crippen molar-refractivity contribution in [1.82, 2.24) is 4.98 Å². The quantitative estimate of drug-likeness (QED) is 0.856. The standard InChI is InChI=1S/C21H27N3O/c1-2-3-7-17-10-12-19(13-11-17)23-21(25)18-8-6-15-24(16-18)20-9-4-5-14-22-20/h4-5,9-14,18H,2-3,6-8,15-16H2,1H3,(H,23,25). The largest absolute Gasteiger partial charge is 0.356 e. The predicted molar refractivity (Wildman–Crippen MR) is 103 cm³/mol. The molecule has 1 aromatic heterocycles. The molecule has 1 atom stereocenters. The molecule has 0 aliphatic carbocycles. The number of unbranched alkanes of at least 4 members (excludes halogenated alkanes) is 1. The van der Waals surface area contributed by atoms with Crippen molar-refractivity contribution >= 4 is 17.4 Å². The summed E-state index contributed by atoms with van der Waals surface area (Å²) in [5, 5.41) is 3.08. The van der Waals surface area contributed by atoms with Gasteiger partial charge in [-0.25, -0.2) is 4.98 Å². The Morgan fingerprint density at radius 1 is 1.24 bits per heavy atom. The van der Waals surface area contributed by atoms with Crippen molar-refractivity contribution in [3.63, 3.8) is 0 Å². The molecular formula is C21H27N3O. The number of rotatable bonds is 6. The number of aromatic nitrogens is 1. The number of hydrogen-bond acceptors (Lipinski definition) is 3. The molecule has 2 heterocycles. The van der Waals surface area contributed by atoms with E-state index in [2.05, 4.69) is 34.3 Å². The molecule has 0 radical (unpaired) electrons. The van der Waals surface area contributed by atoms with Crippen molar-refractivity contribution in [2.24, 2.45) is 5.92 Å². The van der Waals surface area contributed by atoms with Gasteiger partial charge in [-0.1, -0.05) is 31.5 Å². The van der Waals surface area contributed by atoms with Crippen LogP contribution >= 0.6 is 0 Å². The number of carbonyl (C=O) groups is 1. The third kappa shape index (κ3) is 4.81. The highest BCUT2D eigenvalue weighted by Crippen LogP contribution is 2.23. The molecule has 0 saturated carbocycles. The van der Waals surface area contributed by atoms with Crippen LogP contribution < -0.4 is 10.2 Å². The molecule has 3 rings (SSSR count). The van der Waals surface area contributed by atoms with Crippen LogP contribution in [0.25, 0.3) is 0 Å². The fraction of sp³-hybridized carbons (Fsp3) is 0.429. The summed E-state index contributed by atoms with van der Waals surface area (Å²) < 4.78 is 0. The van der Waals surface area contributed by atoms with E-state index >= 15 is 0 Å². The Kier molecular flexibility index (Phi) is 6.04. The summed E-state index contributed by atoms with van der Waals surface area (Å²) in [5.74, 6) is 1.08. The molecule has 1 unspecified atom stereocenters. The molecule has 1 fully saturated rings. The number of amides is 1. The van der Waals surface area contributed by atoms with E-state index < -0.39 is 0 Å². The minimum absolute atomic E-state index is 0.00974. The van der Waals surface area contributed by atoms with Crippen molar-refractivity contribution in [1.29, 1.82) is 0 Å². The van der Waals surface area contributed by atoms with Gasteiger partial charge in [0, 0.05) is 25.0 Å². The fourth-order valence-electron chi connectivity index (χ4n) is 3.32. The number of hydrogen-bond donors (Lipinski definition) is 1. The van der Waals surface area contributed by atoms with E-state index in [1.807, 2.05) is 30.3 Å². The summed E-state index contributed by atoms with van der Waals surface area (Å²) in [6.45, 7) is 3.90. The molecule has 1 saturated heterocycles. The van der Waals surface area contributed by atoms with Crippen LogP contribution in [0.3, 0.4) is 0 Å². The molecule has 2 aromatic rings.